The van der Waals surface area contributed by atoms with Crippen LogP contribution in [-0.4, -0.2) is 32.9 Å². The summed E-state index contributed by atoms with van der Waals surface area (Å²) >= 11 is 1.63. The maximum absolute atomic E-state index is 6.15. The van der Waals surface area contributed by atoms with Crippen molar-refractivity contribution in [2.24, 2.45) is 5.10 Å². The van der Waals surface area contributed by atoms with Gasteiger partial charge in [0.25, 0.3) is 0 Å². The molecule has 0 N–H and O–H groups in total. The highest BCUT2D eigenvalue weighted by atomic mass is 32.2. The van der Waals surface area contributed by atoms with E-state index in [0.717, 1.165) is 33.7 Å². The van der Waals surface area contributed by atoms with Crippen LogP contribution in [0, 0.1) is 6.92 Å². The van der Waals surface area contributed by atoms with Crippen molar-refractivity contribution in [3.8, 4) is 11.5 Å². The molecule has 4 rings (SSSR count). The molecule has 0 unspecified atom stereocenters. The summed E-state index contributed by atoms with van der Waals surface area (Å²) < 4.78 is 13.5. The molecule has 156 valence electrons. The van der Waals surface area contributed by atoms with E-state index in [-0.39, 0.29) is 0 Å². The fraction of sp³-hybridized carbons (Fsp3) is 0.348. The fourth-order valence-corrected chi connectivity index (χ4v) is 4.15. The van der Waals surface area contributed by atoms with Crippen LogP contribution in [0.5, 0.6) is 11.5 Å². The number of ether oxygens (including phenoxy) is 2. The lowest BCUT2D eigenvalue weighted by Gasteiger charge is -2.16. The Labute approximate surface area is 181 Å². The third-order valence-electron chi connectivity index (χ3n) is 4.88. The number of aromatic nitrogens is 3. The highest BCUT2D eigenvalue weighted by Gasteiger charge is 2.20. The van der Waals surface area contributed by atoms with Crippen LogP contribution in [0.15, 0.2) is 52.7 Å². The van der Waals surface area contributed by atoms with Crippen molar-refractivity contribution in [3.63, 3.8) is 0 Å². The number of aryl methyl sites for hydroxylation is 1. The van der Waals surface area contributed by atoms with Crippen molar-refractivity contribution in [2.75, 3.05) is 12.4 Å². The lowest BCUT2D eigenvalue weighted by atomic mass is 10.0. The summed E-state index contributed by atoms with van der Waals surface area (Å²) in [5.74, 6) is 3.58. The molecule has 7 heteroatoms. The van der Waals surface area contributed by atoms with Crippen LogP contribution >= 0.6 is 11.8 Å². The van der Waals surface area contributed by atoms with Crippen molar-refractivity contribution in [1.29, 1.82) is 0 Å². The summed E-state index contributed by atoms with van der Waals surface area (Å²) in [6.07, 6.45) is 0. The Bertz CT molecular complexity index is 1060. The summed E-state index contributed by atoms with van der Waals surface area (Å²) in [5, 5.41) is 14.2. The van der Waals surface area contributed by atoms with Gasteiger partial charge in [0, 0.05) is 5.75 Å². The van der Waals surface area contributed by atoms with Gasteiger partial charge in [-0.3, -0.25) is 0 Å². The van der Waals surface area contributed by atoms with E-state index in [4.69, 9.17) is 14.6 Å². The van der Waals surface area contributed by atoms with Gasteiger partial charge < -0.3 is 9.47 Å². The minimum atomic E-state index is 0.316. The second-order valence-corrected chi connectivity index (χ2v) is 8.43. The third kappa shape index (κ3) is 4.36. The van der Waals surface area contributed by atoms with Crippen LogP contribution < -0.4 is 9.47 Å². The van der Waals surface area contributed by atoms with E-state index >= 15 is 0 Å². The summed E-state index contributed by atoms with van der Waals surface area (Å²) in [6.45, 7) is 9.36. The van der Waals surface area contributed by atoms with E-state index in [1.165, 1.54) is 11.1 Å². The van der Waals surface area contributed by atoms with Gasteiger partial charge >= 0.3 is 0 Å². The molecular formula is C23H26N4O2S. The zero-order valence-electron chi connectivity index (χ0n) is 17.8. The van der Waals surface area contributed by atoms with E-state index in [0.29, 0.717) is 25.0 Å². The second kappa shape index (κ2) is 8.92. The van der Waals surface area contributed by atoms with E-state index < -0.39 is 0 Å². The Kier molecular flexibility index (Phi) is 6.08. The number of benzene rings is 2. The lowest BCUT2D eigenvalue weighted by molar-refractivity contribution is 0.285. The first-order chi connectivity index (χ1) is 14.5. The normalized spacial score (nSPS) is 13.2. The Morgan fingerprint density at radius 1 is 1.07 bits per heavy atom. The fourth-order valence-electron chi connectivity index (χ4n) is 3.30. The van der Waals surface area contributed by atoms with E-state index in [1.54, 1.807) is 16.4 Å². The van der Waals surface area contributed by atoms with E-state index in [2.05, 4.69) is 49.2 Å². The predicted octanol–water partition coefficient (Wildman–Crippen LogP) is 5.05. The standard InChI is InChI=1S/C23H26N4O2S/c1-5-28-18-9-7-17(8-10-18)20-14-30-23-25-24-22(27(23)26-20)13-29-21-12-16(4)6-11-19(21)15(2)3/h6-12,15H,5,13-14H2,1-4H3. The quantitative estimate of drug-likeness (QED) is 0.533. The molecule has 0 spiro atoms. The molecule has 3 aromatic rings. The minimum absolute atomic E-state index is 0.316. The molecule has 1 aliphatic heterocycles. The number of fused-ring (bicyclic) bond motifs is 1. The first-order valence-electron chi connectivity index (χ1n) is 10.2. The summed E-state index contributed by atoms with van der Waals surface area (Å²) in [5.41, 5.74) is 4.41. The van der Waals surface area contributed by atoms with Crippen LogP contribution in [0.4, 0.5) is 0 Å². The Morgan fingerprint density at radius 2 is 1.87 bits per heavy atom. The van der Waals surface area contributed by atoms with Crippen molar-refractivity contribution in [3.05, 3.63) is 65.0 Å². The first-order valence-corrected chi connectivity index (χ1v) is 11.1. The monoisotopic (exact) mass is 422 g/mol. The van der Waals surface area contributed by atoms with Crippen molar-refractivity contribution in [1.82, 2.24) is 14.9 Å². The third-order valence-corrected chi connectivity index (χ3v) is 5.81. The smallest absolute Gasteiger partial charge is 0.212 e. The molecule has 0 radical (unpaired) electrons. The molecular weight excluding hydrogens is 396 g/mol. The number of rotatable bonds is 7. The molecule has 0 saturated heterocycles. The zero-order chi connectivity index (χ0) is 21.1. The predicted molar refractivity (Wildman–Crippen MR) is 120 cm³/mol. The Balaban J connectivity index is 1.56. The average Bonchev–Trinajstić information content (AvgIpc) is 3.15. The van der Waals surface area contributed by atoms with Gasteiger partial charge in [0.15, 0.2) is 5.82 Å². The highest BCUT2D eigenvalue weighted by Crippen LogP contribution is 2.29. The lowest BCUT2D eigenvalue weighted by Crippen LogP contribution is -2.15. The molecule has 30 heavy (non-hydrogen) atoms. The van der Waals surface area contributed by atoms with Crippen LogP contribution in [-0.2, 0) is 6.61 Å². The van der Waals surface area contributed by atoms with Gasteiger partial charge in [-0.25, -0.2) is 0 Å². The maximum Gasteiger partial charge on any atom is 0.212 e. The zero-order valence-corrected chi connectivity index (χ0v) is 18.6. The van der Waals surface area contributed by atoms with E-state index in [9.17, 15) is 0 Å². The van der Waals surface area contributed by atoms with E-state index in [1.807, 2.05) is 31.2 Å². The summed E-state index contributed by atoms with van der Waals surface area (Å²) in [6, 6.07) is 14.4. The first kappa shape index (κ1) is 20.5. The van der Waals surface area contributed by atoms with Crippen LogP contribution in [0.25, 0.3) is 0 Å². The van der Waals surface area contributed by atoms with Crippen LogP contribution in [0.3, 0.4) is 0 Å². The molecule has 0 aliphatic carbocycles. The van der Waals surface area contributed by atoms with Crippen LogP contribution in [0.1, 0.15) is 49.2 Å². The molecule has 0 atom stereocenters. The maximum atomic E-state index is 6.15. The highest BCUT2D eigenvalue weighted by molar-refractivity contribution is 7.99. The van der Waals surface area contributed by atoms with Gasteiger partial charge in [-0.2, -0.15) is 9.78 Å². The van der Waals surface area contributed by atoms with Crippen LogP contribution in [0.2, 0.25) is 0 Å². The molecule has 6 nitrogen and oxygen atoms in total. The number of thioether (sulfide) groups is 1. The largest absolute Gasteiger partial charge is 0.494 e. The van der Waals surface area contributed by atoms with Gasteiger partial charge in [0.1, 0.15) is 18.1 Å². The molecule has 0 bridgehead atoms. The van der Waals surface area contributed by atoms with Gasteiger partial charge in [0.05, 0.1) is 12.3 Å². The van der Waals surface area contributed by atoms with Crippen molar-refractivity contribution in [2.45, 2.75) is 45.4 Å². The Hall–Kier alpha value is -2.80. The molecule has 0 saturated carbocycles. The Morgan fingerprint density at radius 3 is 2.60 bits per heavy atom. The molecule has 0 amide bonds. The van der Waals surface area contributed by atoms with Gasteiger partial charge in [0.2, 0.25) is 5.16 Å². The molecule has 2 heterocycles. The van der Waals surface area contributed by atoms with Gasteiger partial charge in [-0.05, 0) is 66.8 Å². The minimum Gasteiger partial charge on any atom is -0.494 e. The summed E-state index contributed by atoms with van der Waals surface area (Å²) in [7, 11) is 0. The molecule has 1 aromatic heterocycles. The second-order valence-electron chi connectivity index (χ2n) is 7.49. The summed E-state index contributed by atoms with van der Waals surface area (Å²) in [4.78, 5) is 0. The van der Waals surface area contributed by atoms with Crippen molar-refractivity contribution < 1.29 is 9.47 Å². The molecule has 0 fully saturated rings. The van der Waals surface area contributed by atoms with Crippen molar-refractivity contribution >= 4 is 17.5 Å². The SMILES string of the molecule is CCOc1ccc(C2=Nn3c(COc4cc(C)ccc4C(C)C)nnc3SC2)cc1. The number of nitrogens with zero attached hydrogens (tertiary/aromatic N) is 4. The molecule has 2 aromatic carbocycles. The van der Waals surface area contributed by atoms with Gasteiger partial charge in [-0.15, -0.1) is 10.2 Å². The number of hydrogen-bond donors (Lipinski definition) is 0. The average molecular weight is 423 g/mol. The number of hydrogen-bond acceptors (Lipinski definition) is 6. The topological polar surface area (TPSA) is 61.5 Å². The van der Waals surface area contributed by atoms with Gasteiger partial charge in [-0.1, -0.05) is 37.7 Å². The molecule has 1 aliphatic rings.